The molecule has 1 N–H and O–H groups in total. The third kappa shape index (κ3) is 3.32. The summed E-state index contributed by atoms with van der Waals surface area (Å²) in [4.78, 5) is 0. The predicted octanol–water partition coefficient (Wildman–Crippen LogP) is 2.52. The first kappa shape index (κ1) is 11.1. The van der Waals surface area contributed by atoms with E-state index >= 15 is 0 Å². The lowest BCUT2D eigenvalue weighted by molar-refractivity contribution is 0.674. The highest BCUT2D eigenvalue weighted by atomic mass is 14.9. The molecule has 76 valence electrons. The van der Waals surface area contributed by atoms with Gasteiger partial charge in [-0.2, -0.15) is 10.5 Å². The van der Waals surface area contributed by atoms with E-state index in [0.29, 0.717) is 12.1 Å². The van der Waals surface area contributed by atoms with Crippen LogP contribution in [0.5, 0.6) is 0 Å². The molecule has 1 aromatic carbocycles. The van der Waals surface area contributed by atoms with Gasteiger partial charge in [0.05, 0.1) is 23.6 Å². The summed E-state index contributed by atoms with van der Waals surface area (Å²) in [5.74, 6) is 0.0238. The SMILES string of the molecule is CCC(C#N)CNc1cccc(C#N)c1. The smallest absolute Gasteiger partial charge is 0.0992 e. The van der Waals surface area contributed by atoms with Gasteiger partial charge in [0.2, 0.25) is 0 Å². The summed E-state index contributed by atoms with van der Waals surface area (Å²) in [5, 5.41) is 20.6. The van der Waals surface area contributed by atoms with Gasteiger partial charge in [0.15, 0.2) is 0 Å². The Kier molecular flexibility index (Phi) is 4.19. The highest BCUT2D eigenvalue weighted by Gasteiger charge is 2.03. The number of benzene rings is 1. The third-order valence-corrected chi connectivity index (χ3v) is 2.22. The van der Waals surface area contributed by atoms with Crippen molar-refractivity contribution in [2.24, 2.45) is 5.92 Å². The van der Waals surface area contributed by atoms with Crippen LogP contribution >= 0.6 is 0 Å². The van der Waals surface area contributed by atoms with Gasteiger partial charge < -0.3 is 5.32 Å². The molecule has 0 saturated carbocycles. The van der Waals surface area contributed by atoms with Gasteiger partial charge >= 0.3 is 0 Å². The normalized spacial score (nSPS) is 11.1. The summed E-state index contributed by atoms with van der Waals surface area (Å²) >= 11 is 0. The number of nitrogens with one attached hydrogen (secondary N) is 1. The third-order valence-electron chi connectivity index (χ3n) is 2.22. The first-order chi connectivity index (χ1) is 7.30. The first-order valence-electron chi connectivity index (χ1n) is 4.93. The van der Waals surface area contributed by atoms with Crippen LogP contribution in [0.3, 0.4) is 0 Å². The van der Waals surface area contributed by atoms with Crippen molar-refractivity contribution < 1.29 is 0 Å². The van der Waals surface area contributed by atoms with E-state index in [1.807, 2.05) is 19.1 Å². The lowest BCUT2D eigenvalue weighted by Crippen LogP contribution is -2.11. The lowest BCUT2D eigenvalue weighted by atomic mass is 10.1. The molecule has 1 rings (SSSR count). The maximum absolute atomic E-state index is 8.76. The average molecular weight is 199 g/mol. The molecule has 3 heteroatoms. The molecule has 0 aromatic heterocycles. The second-order valence-electron chi connectivity index (χ2n) is 3.31. The van der Waals surface area contributed by atoms with Crippen molar-refractivity contribution in [1.82, 2.24) is 0 Å². The van der Waals surface area contributed by atoms with Crippen LogP contribution < -0.4 is 5.32 Å². The lowest BCUT2D eigenvalue weighted by Gasteiger charge is -2.09. The molecule has 0 aliphatic carbocycles. The van der Waals surface area contributed by atoms with Crippen LogP contribution in [0.1, 0.15) is 18.9 Å². The highest BCUT2D eigenvalue weighted by molar-refractivity contribution is 5.49. The zero-order valence-electron chi connectivity index (χ0n) is 8.70. The monoisotopic (exact) mass is 199 g/mol. The van der Waals surface area contributed by atoms with Gasteiger partial charge in [-0.3, -0.25) is 0 Å². The molecule has 0 aliphatic rings. The summed E-state index contributed by atoms with van der Waals surface area (Å²) in [6.07, 6.45) is 0.835. The zero-order chi connectivity index (χ0) is 11.1. The largest absolute Gasteiger partial charge is 0.384 e. The van der Waals surface area contributed by atoms with Crippen LogP contribution in [0.15, 0.2) is 24.3 Å². The molecule has 0 spiro atoms. The van der Waals surface area contributed by atoms with E-state index < -0.39 is 0 Å². The minimum absolute atomic E-state index is 0.0238. The van der Waals surface area contributed by atoms with Crippen LogP contribution in [0.25, 0.3) is 0 Å². The Balaban J connectivity index is 2.59. The van der Waals surface area contributed by atoms with Gasteiger partial charge in [-0.25, -0.2) is 0 Å². The maximum Gasteiger partial charge on any atom is 0.0992 e. The summed E-state index contributed by atoms with van der Waals surface area (Å²) in [6, 6.07) is 11.6. The Labute approximate surface area is 90.0 Å². The van der Waals surface area contributed by atoms with Crippen LogP contribution in [0.4, 0.5) is 5.69 Å². The zero-order valence-corrected chi connectivity index (χ0v) is 8.70. The number of nitrogens with zero attached hydrogens (tertiary/aromatic N) is 2. The van der Waals surface area contributed by atoms with Crippen LogP contribution in [0.2, 0.25) is 0 Å². The van der Waals surface area contributed by atoms with Crippen molar-refractivity contribution in [3.8, 4) is 12.1 Å². The van der Waals surface area contributed by atoms with E-state index in [9.17, 15) is 0 Å². The van der Waals surface area contributed by atoms with Gasteiger partial charge in [-0.15, -0.1) is 0 Å². The molecule has 15 heavy (non-hydrogen) atoms. The van der Waals surface area contributed by atoms with Crippen LogP contribution in [0, 0.1) is 28.6 Å². The van der Waals surface area contributed by atoms with Crippen LogP contribution in [-0.2, 0) is 0 Å². The summed E-state index contributed by atoms with van der Waals surface area (Å²) in [5.41, 5.74) is 1.52. The Hall–Kier alpha value is -2.00. The molecule has 1 unspecified atom stereocenters. The number of rotatable bonds is 4. The van der Waals surface area contributed by atoms with E-state index in [2.05, 4.69) is 17.5 Å². The molecule has 0 heterocycles. The second kappa shape index (κ2) is 5.67. The number of hydrogen-bond acceptors (Lipinski definition) is 3. The molecule has 3 nitrogen and oxygen atoms in total. The van der Waals surface area contributed by atoms with E-state index in [0.717, 1.165) is 12.1 Å². The second-order valence-corrected chi connectivity index (χ2v) is 3.31. The summed E-state index contributed by atoms with van der Waals surface area (Å²) in [6.45, 7) is 2.61. The Bertz CT molecular complexity index is 398. The van der Waals surface area contributed by atoms with Gasteiger partial charge in [0.1, 0.15) is 0 Å². The molecule has 0 bridgehead atoms. The number of hydrogen-bond donors (Lipinski definition) is 1. The van der Waals surface area contributed by atoms with Crippen molar-refractivity contribution in [3.63, 3.8) is 0 Å². The van der Waals surface area contributed by atoms with Crippen molar-refractivity contribution >= 4 is 5.69 Å². The molecule has 0 amide bonds. The standard InChI is InChI=1S/C12H13N3/c1-2-10(7-13)9-15-12-5-3-4-11(6-12)8-14/h3-6,10,15H,2,9H2,1H3. The van der Waals surface area contributed by atoms with Gasteiger partial charge in [-0.05, 0) is 24.6 Å². The van der Waals surface area contributed by atoms with Gasteiger partial charge in [0.25, 0.3) is 0 Å². The minimum atomic E-state index is 0.0238. The van der Waals surface area contributed by atoms with Crippen molar-refractivity contribution in [2.75, 3.05) is 11.9 Å². The summed E-state index contributed by atoms with van der Waals surface area (Å²) in [7, 11) is 0. The Morgan fingerprint density at radius 1 is 1.40 bits per heavy atom. The average Bonchev–Trinajstić information content (AvgIpc) is 2.31. The quantitative estimate of drug-likeness (QED) is 0.810. The fourth-order valence-corrected chi connectivity index (χ4v) is 1.22. The topological polar surface area (TPSA) is 59.6 Å². The molecule has 0 radical (unpaired) electrons. The molecule has 0 saturated heterocycles. The summed E-state index contributed by atoms with van der Waals surface area (Å²) < 4.78 is 0. The maximum atomic E-state index is 8.76. The molecular weight excluding hydrogens is 186 g/mol. The molecule has 0 aliphatic heterocycles. The van der Waals surface area contributed by atoms with Crippen LogP contribution in [-0.4, -0.2) is 6.54 Å². The first-order valence-corrected chi connectivity index (χ1v) is 4.93. The number of anilines is 1. The van der Waals surface area contributed by atoms with E-state index in [1.54, 1.807) is 12.1 Å². The minimum Gasteiger partial charge on any atom is -0.384 e. The Morgan fingerprint density at radius 2 is 2.20 bits per heavy atom. The van der Waals surface area contributed by atoms with Crippen molar-refractivity contribution in [1.29, 1.82) is 10.5 Å². The molecular formula is C12H13N3. The molecule has 0 fully saturated rings. The Morgan fingerprint density at radius 3 is 2.80 bits per heavy atom. The fourth-order valence-electron chi connectivity index (χ4n) is 1.22. The van der Waals surface area contributed by atoms with E-state index in [4.69, 9.17) is 10.5 Å². The van der Waals surface area contributed by atoms with E-state index in [-0.39, 0.29) is 5.92 Å². The molecule has 1 atom stereocenters. The fraction of sp³-hybridized carbons (Fsp3) is 0.333. The van der Waals surface area contributed by atoms with E-state index in [1.165, 1.54) is 0 Å². The van der Waals surface area contributed by atoms with Crippen molar-refractivity contribution in [2.45, 2.75) is 13.3 Å². The van der Waals surface area contributed by atoms with Gasteiger partial charge in [-0.1, -0.05) is 13.0 Å². The van der Waals surface area contributed by atoms with Crippen molar-refractivity contribution in [3.05, 3.63) is 29.8 Å². The predicted molar refractivity (Wildman–Crippen MR) is 59.0 cm³/mol. The van der Waals surface area contributed by atoms with Gasteiger partial charge in [0, 0.05) is 12.2 Å². The highest BCUT2D eigenvalue weighted by Crippen LogP contribution is 2.11. The number of nitriles is 2. The molecule has 1 aromatic rings.